The van der Waals surface area contributed by atoms with E-state index in [1.165, 1.54) is 29.7 Å². The van der Waals surface area contributed by atoms with Crippen LogP contribution in [0.5, 0.6) is 0 Å². The van der Waals surface area contributed by atoms with Crippen molar-refractivity contribution >= 4 is 16.9 Å². The number of hydrogen-bond donors (Lipinski definition) is 1. The Labute approximate surface area is 184 Å². The van der Waals surface area contributed by atoms with Gasteiger partial charge in [-0.25, -0.2) is 9.97 Å². The average molecular weight is 411 g/mol. The SMILES string of the molecule is CC(C)(Cc1ccccc1)Cc1c[nH]c2ncc(-c3cccc(N4CCCC4)c3)nc12. The van der Waals surface area contributed by atoms with Crippen molar-refractivity contribution in [2.75, 3.05) is 18.0 Å². The van der Waals surface area contributed by atoms with E-state index in [0.717, 1.165) is 48.4 Å². The fourth-order valence-electron chi connectivity index (χ4n) is 4.78. The van der Waals surface area contributed by atoms with Crippen molar-refractivity contribution in [2.24, 2.45) is 5.41 Å². The van der Waals surface area contributed by atoms with Gasteiger partial charge in [-0.1, -0.05) is 56.3 Å². The lowest BCUT2D eigenvalue weighted by atomic mass is 9.80. The van der Waals surface area contributed by atoms with E-state index in [4.69, 9.17) is 4.98 Å². The van der Waals surface area contributed by atoms with Gasteiger partial charge in [-0.2, -0.15) is 0 Å². The summed E-state index contributed by atoms with van der Waals surface area (Å²) in [6.07, 6.45) is 8.52. The first-order valence-corrected chi connectivity index (χ1v) is 11.3. The van der Waals surface area contributed by atoms with E-state index < -0.39 is 0 Å². The van der Waals surface area contributed by atoms with Gasteiger partial charge in [-0.3, -0.25) is 0 Å². The predicted octanol–water partition coefficient (Wildman–Crippen LogP) is 6.04. The van der Waals surface area contributed by atoms with Gasteiger partial charge in [-0.05, 0) is 54.4 Å². The number of nitrogens with one attached hydrogen (secondary N) is 1. The molecule has 0 spiro atoms. The number of H-pyrrole nitrogens is 1. The van der Waals surface area contributed by atoms with Crippen LogP contribution >= 0.6 is 0 Å². The molecule has 0 saturated carbocycles. The first-order chi connectivity index (χ1) is 15.1. The van der Waals surface area contributed by atoms with Crippen LogP contribution < -0.4 is 4.90 Å². The highest BCUT2D eigenvalue weighted by molar-refractivity contribution is 5.78. The second kappa shape index (κ2) is 8.18. The number of aromatic nitrogens is 3. The number of aromatic amines is 1. The van der Waals surface area contributed by atoms with Gasteiger partial charge in [0.25, 0.3) is 0 Å². The summed E-state index contributed by atoms with van der Waals surface area (Å²) in [5.74, 6) is 0. The number of hydrogen-bond acceptors (Lipinski definition) is 3. The fourth-order valence-corrected chi connectivity index (χ4v) is 4.78. The molecule has 0 atom stereocenters. The second-order valence-electron chi connectivity index (χ2n) is 9.51. The van der Waals surface area contributed by atoms with Gasteiger partial charge in [0.05, 0.1) is 11.9 Å². The molecular weight excluding hydrogens is 380 g/mol. The fraction of sp³-hybridized carbons (Fsp3) is 0.333. The summed E-state index contributed by atoms with van der Waals surface area (Å²) in [7, 11) is 0. The van der Waals surface area contributed by atoms with E-state index in [2.05, 4.69) is 89.5 Å². The number of anilines is 1. The van der Waals surface area contributed by atoms with Crippen LogP contribution in [0.4, 0.5) is 5.69 Å². The normalized spacial score (nSPS) is 14.5. The highest BCUT2D eigenvalue weighted by atomic mass is 15.1. The van der Waals surface area contributed by atoms with E-state index in [0.29, 0.717) is 0 Å². The smallest absolute Gasteiger partial charge is 0.156 e. The van der Waals surface area contributed by atoms with Crippen molar-refractivity contribution in [3.8, 4) is 11.3 Å². The first-order valence-electron chi connectivity index (χ1n) is 11.3. The van der Waals surface area contributed by atoms with Crippen LogP contribution in [0.25, 0.3) is 22.4 Å². The van der Waals surface area contributed by atoms with Crippen molar-refractivity contribution in [3.05, 3.63) is 78.1 Å². The van der Waals surface area contributed by atoms with Gasteiger partial charge >= 0.3 is 0 Å². The maximum atomic E-state index is 5.05. The van der Waals surface area contributed by atoms with Crippen LogP contribution in [0.15, 0.2) is 67.0 Å². The molecule has 4 heteroatoms. The third-order valence-electron chi connectivity index (χ3n) is 6.27. The largest absolute Gasteiger partial charge is 0.372 e. The average Bonchev–Trinajstić information content (AvgIpc) is 3.44. The van der Waals surface area contributed by atoms with Gasteiger partial charge in [0.2, 0.25) is 0 Å². The topological polar surface area (TPSA) is 44.8 Å². The minimum absolute atomic E-state index is 0.129. The monoisotopic (exact) mass is 410 g/mol. The lowest BCUT2D eigenvalue weighted by Gasteiger charge is -2.24. The Hall–Kier alpha value is -3.14. The zero-order chi connectivity index (χ0) is 21.3. The summed E-state index contributed by atoms with van der Waals surface area (Å²) in [6, 6.07) is 19.5. The van der Waals surface area contributed by atoms with Crippen LogP contribution in [-0.2, 0) is 12.8 Å². The predicted molar refractivity (Wildman–Crippen MR) is 128 cm³/mol. The van der Waals surface area contributed by atoms with E-state index in [9.17, 15) is 0 Å². The molecule has 4 nitrogen and oxygen atoms in total. The maximum absolute atomic E-state index is 5.05. The van der Waals surface area contributed by atoms with Crippen LogP contribution in [0.1, 0.15) is 37.8 Å². The van der Waals surface area contributed by atoms with Crippen LogP contribution in [-0.4, -0.2) is 28.0 Å². The summed E-state index contributed by atoms with van der Waals surface area (Å²) in [5, 5.41) is 0. The Balaban J connectivity index is 1.43. The van der Waals surface area contributed by atoms with Crippen molar-refractivity contribution in [1.82, 2.24) is 15.0 Å². The third-order valence-corrected chi connectivity index (χ3v) is 6.27. The molecule has 2 aromatic heterocycles. The first kappa shape index (κ1) is 19.8. The van der Waals surface area contributed by atoms with Gasteiger partial charge in [-0.15, -0.1) is 0 Å². The molecule has 0 unspecified atom stereocenters. The van der Waals surface area contributed by atoms with Crippen molar-refractivity contribution in [1.29, 1.82) is 0 Å². The molecular formula is C27H30N4. The van der Waals surface area contributed by atoms with E-state index in [1.54, 1.807) is 0 Å². The Morgan fingerprint density at radius 3 is 2.58 bits per heavy atom. The van der Waals surface area contributed by atoms with Crippen molar-refractivity contribution < 1.29 is 0 Å². The van der Waals surface area contributed by atoms with Gasteiger partial charge in [0, 0.05) is 30.5 Å². The number of benzene rings is 2. The summed E-state index contributed by atoms with van der Waals surface area (Å²) in [6.45, 7) is 6.95. The standard InChI is InChI=1S/C27H30N4/c1-27(2,16-20-9-4-3-5-10-20)17-22-18-28-26-25(22)30-24(19-29-26)21-11-8-12-23(15-21)31-13-6-7-14-31/h3-5,8-12,15,18-19H,6-7,13-14,16-17H2,1-2H3,(H,28,29). The van der Waals surface area contributed by atoms with E-state index >= 15 is 0 Å². The zero-order valence-corrected chi connectivity index (χ0v) is 18.4. The lowest BCUT2D eigenvalue weighted by molar-refractivity contribution is 0.362. The molecule has 1 saturated heterocycles. The summed E-state index contributed by atoms with van der Waals surface area (Å²) in [4.78, 5) is 15.5. The molecule has 5 rings (SSSR count). The van der Waals surface area contributed by atoms with E-state index in [-0.39, 0.29) is 5.41 Å². The Morgan fingerprint density at radius 2 is 1.77 bits per heavy atom. The van der Waals surface area contributed by atoms with Gasteiger partial charge in [0.1, 0.15) is 5.52 Å². The molecule has 3 heterocycles. The molecule has 0 amide bonds. The summed E-state index contributed by atoms with van der Waals surface area (Å²) >= 11 is 0. The Bertz CT molecular complexity index is 1170. The molecule has 1 aliphatic heterocycles. The number of fused-ring (bicyclic) bond motifs is 1. The van der Waals surface area contributed by atoms with Gasteiger partial charge in [0.15, 0.2) is 5.65 Å². The second-order valence-corrected chi connectivity index (χ2v) is 9.51. The molecule has 4 aromatic rings. The Morgan fingerprint density at radius 1 is 0.968 bits per heavy atom. The molecule has 2 aromatic carbocycles. The summed E-state index contributed by atoms with van der Waals surface area (Å²) < 4.78 is 0. The number of nitrogens with zero attached hydrogens (tertiary/aromatic N) is 3. The van der Waals surface area contributed by atoms with E-state index in [1.807, 2.05) is 6.20 Å². The van der Waals surface area contributed by atoms with Crippen molar-refractivity contribution in [2.45, 2.75) is 39.5 Å². The zero-order valence-electron chi connectivity index (χ0n) is 18.4. The van der Waals surface area contributed by atoms with Crippen LogP contribution in [0.3, 0.4) is 0 Å². The quantitative estimate of drug-likeness (QED) is 0.422. The third kappa shape index (κ3) is 4.34. The molecule has 0 aliphatic carbocycles. The molecule has 158 valence electrons. The lowest BCUT2D eigenvalue weighted by Crippen LogP contribution is -2.18. The number of rotatable bonds is 6. The van der Waals surface area contributed by atoms with Crippen molar-refractivity contribution in [3.63, 3.8) is 0 Å². The molecule has 0 radical (unpaired) electrons. The molecule has 31 heavy (non-hydrogen) atoms. The summed E-state index contributed by atoms with van der Waals surface area (Å²) in [5.41, 5.74) is 7.96. The minimum Gasteiger partial charge on any atom is -0.372 e. The highest BCUT2D eigenvalue weighted by Gasteiger charge is 2.22. The van der Waals surface area contributed by atoms with Crippen LogP contribution in [0, 0.1) is 5.41 Å². The molecule has 1 N–H and O–H groups in total. The highest BCUT2D eigenvalue weighted by Crippen LogP contribution is 2.31. The molecule has 1 fully saturated rings. The minimum atomic E-state index is 0.129. The molecule has 1 aliphatic rings. The van der Waals surface area contributed by atoms with Gasteiger partial charge < -0.3 is 9.88 Å². The maximum Gasteiger partial charge on any atom is 0.156 e. The molecule has 0 bridgehead atoms. The van der Waals surface area contributed by atoms with Crippen LogP contribution in [0.2, 0.25) is 0 Å². The Kier molecular flexibility index (Phi) is 5.23.